The van der Waals surface area contributed by atoms with Crippen LogP contribution in [-0.4, -0.2) is 17.2 Å². The van der Waals surface area contributed by atoms with Crippen molar-refractivity contribution in [2.45, 2.75) is 32.1 Å². The topological polar surface area (TPSA) is 12.0 Å². The first kappa shape index (κ1) is 8.41. The van der Waals surface area contributed by atoms with Crippen LogP contribution in [-0.2, 0) is 0 Å². The first-order chi connectivity index (χ1) is 4.62. The Morgan fingerprint density at radius 1 is 1.60 bits per heavy atom. The highest BCUT2D eigenvalue weighted by Gasteiger charge is 2.28. The van der Waals surface area contributed by atoms with Crippen LogP contribution in [0.25, 0.3) is 0 Å². The van der Waals surface area contributed by atoms with Crippen LogP contribution in [0.4, 0.5) is 0 Å². The second-order valence-corrected chi connectivity index (χ2v) is 5.20. The van der Waals surface area contributed by atoms with Crippen molar-refractivity contribution in [3.8, 4) is 0 Å². The van der Waals surface area contributed by atoms with Crippen LogP contribution in [0, 0.1) is 5.92 Å². The lowest BCUT2D eigenvalue weighted by molar-refractivity contribution is 0.430. The SMILES string of the molecule is CC(C)CC1(C)NCCS1. The number of rotatable bonds is 2. The van der Waals surface area contributed by atoms with E-state index in [9.17, 15) is 0 Å². The summed E-state index contributed by atoms with van der Waals surface area (Å²) in [4.78, 5) is 0.383. The molecule has 0 spiro atoms. The molecule has 1 saturated heterocycles. The van der Waals surface area contributed by atoms with Crippen LogP contribution in [0.2, 0.25) is 0 Å². The molecular formula is C8H17NS. The second-order valence-electron chi connectivity index (χ2n) is 3.60. The molecule has 1 heterocycles. The smallest absolute Gasteiger partial charge is 0.0619 e. The molecule has 0 aromatic carbocycles. The largest absolute Gasteiger partial charge is 0.302 e. The Balaban J connectivity index is 2.36. The molecule has 0 aliphatic carbocycles. The molecule has 60 valence electrons. The summed E-state index contributed by atoms with van der Waals surface area (Å²) in [7, 11) is 0. The van der Waals surface area contributed by atoms with Gasteiger partial charge in [0.2, 0.25) is 0 Å². The third kappa shape index (κ3) is 2.17. The average Bonchev–Trinajstić information content (AvgIpc) is 2.12. The first-order valence-electron chi connectivity index (χ1n) is 4.01. The molecule has 1 fully saturated rings. The molecule has 10 heavy (non-hydrogen) atoms. The van der Waals surface area contributed by atoms with Crippen molar-refractivity contribution in [2.75, 3.05) is 12.3 Å². The van der Waals surface area contributed by atoms with Gasteiger partial charge in [0.15, 0.2) is 0 Å². The minimum Gasteiger partial charge on any atom is -0.302 e. The predicted molar refractivity (Wildman–Crippen MR) is 48.3 cm³/mol. The second kappa shape index (κ2) is 3.14. The Hall–Kier alpha value is 0.310. The molecule has 2 heteroatoms. The van der Waals surface area contributed by atoms with E-state index in [0.29, 0.717) is 4.87 Å². The third-order valence-corrected chi connectivity index (χ3v) is 3.18. The van der Waals surface area contributed by atoms with Gasteiger partial charge >= 0.3 is 0 Å². The van der Waals surface area contributed by atoms with Crippen molar-refractivity contribution >= 4 is 11.8 Å². The fourth-order valence-corrected chi connectivity index (χ4v) is 2.86. The molecule has 1 aliphatic heterocycles. The summed E-state index contributed by atoms with van der Waals surface area (Å²) in [5.41, 5.74) is 0. The maximum Gasteiger partial charge on any atom is 0.0619 e. The molecular weight excluding hydrogens is 142 g/mol. The normalized spacial score (nSPS) is 33.6. The van der Waals surface area contributed by atoms with Crippen molar-refractivity contribution in [2.24, 2.45) is 5.92 Å². The summed E-state index contributed by atoms with van der Waals surface area (Å²) < 4.78 is 0. The Kier molecular flexibility index (Phi) is 2.64. The van der Waals surface area contributed by atoms with Crippen LogP contribution >= 0.6 is 11.8 Å². The summed E-state index contributed by atoms with van der Waals surface area (Å²) in [6, 6.07) is 0. The minimum absolute atomic E-state index is 0.383. The van der Waals surface area contributed by atoms with Gasteiger partial charge in [-0.15, -0.1) is 11.8 Å². The maximum absolute atomic E-state index is 3.53. The molecule has 0 radical (unpaired) electrons. The summed E-state index contributed by atoms with van der Waals surface area (Å²) in [5.74, 6) is 2.09. The fraction of sp³-hybridized carbons (Fsp3) is 1.00. The number of thioether (sulfide) groups is 1. The maximum atomic E-state index is 3.53. The van der Waals surface area contributed by atoms with Gasteiger partial charge in [0.1, 0.15) is 0 Å². The van der Waals surface area contributed by atoms with Gasteiger partial charge in [-0.2, -0.15) is 0 Å². The third-order valence-electron chi connectivity index (χ3n) is 1.82. The van der Waals surface area contributed by atoms with Gasteiger partial charge in [0.05, 0.1) is 4.87 Å². The highest BCUT2D eigenvalue weighted by Crippen LogP contribution is 2.32. The predicted octanol–water partition coefficient (Wildman–Crippen LogP) is 2.09. The average molecular weight is 159 g/mol. The Labute approximate surface area is 68.0 Å². The monoisotopic (exact) mass is 159 g/mol. The summed E-state index contributed by atoms with van der Waals surface area (Å²) in [5, 5.41) is 3.53. The quantitative estimate of drug-likeness (QED) is 0.662. The summed E-state index contributed by atoms with van der Waals surface area (Å²) in [6.07, 6.45) is 1.29. The summed E-state index contributed by atoms with van der Waals surface area (Å²) >= 11 is 2.06. The lowest BCUT2D eigenvalue weighted by atomic mass is 10.1. The van der Waals surface area contributed by atoms with E-state index < -0.39 is 0 Å². The van der Waals surface area contributed by atoms with Gasteiger partial charge < -0.3 is 5.32 Å². The van der Waals surface area contributed by atoms with Gasteiger partial charge in [-0.1, -0.05) is 13.8 Å². The van der Waals surface area contributed by atoms with E-state index in [2.05, 4.69) is 37.8 Å². The van der Waals surface area contributed by atoms with Crippen LogP contribution in [0.5, 0.6) is 0 Å². The number of hydrogen-bond acceptors (Lipinski definition) is 2. The van der Waals surface area contributed by atoms with Crippen LogP contribution in [0.15, 0.2) is 0 Å². The number of hydrogen-bond donors (Lipinski definition) is 1. The highest BCUT2D eigenvalue weighted by molar-refractivity contribution is 8.00. The van der Waals surface area contributed by atoms with Crippen molar-refractivity contribution in [1.29, 1.82) is 0 Å². The number of nitrogens with one attached hydrogen (secondary N) is 1. The molecule has 1 nitrogen and oxygen atoms in total. The van der Waals surface area contributed by atoms with Gasteiger partial charge in [0, 0.05) is 12.3 Å². The van der Waals surface area contributed by atoms with E-state index in [0.717, 1.165) is 5.92 Å². The minimum atomic E-state index is 0.383. The molecule has 1 N–H and O–H groups in total. The molecule has 0 aromatic heterocycles. The molecule has 0 bridgehead atoms. The van der Waals surface area contributed by atoms with Crippen molar-refractivity contribution in [1.82, 2.24) is 5.32 Å². The summed E-state index contributed by atoms with van der Waals surface area (Å²) in [6.45, 7) is 8.07. The lowest BCUT2D eigenvalue weighted by Crippen LogP contribution is -2.34. The van der Waals surface area contributed by atoms with Gasteiger partial charge in [-0.3, -0.25) is 0 Å². The molecule has 1 atom stereocenters. The highest BCUT2D eigenvalue weighted by atomic mass is 32.2. The van der Waals surface area contributed by atoms with Gasteiger partial charge in [-0.25, -0.2) is 0 Å². The first-order valence-corrected chi connectivity index (χ1v) is 5.00. The Morgan fingerprint density at radius 2 is 2.30 bits per heavy atom. The molecule has 0 amide bonds. The zero-order valence-electron chi connectivity index (χ0n) is 7.11. The standard InChI is InChI=1S/C8H17NS/c1-7(2)6-8(3)9-4-5-10-8/h7,9H,4-6H2,1-3H3. The van der Waals surface area contributed by atoms with Crippen LogP contribution in [0.3, 0.4) is 0 Å². The molecule has 1 rings (SSSR count). The van der Waals surface area contributed by atoms with Crippen LogP contribution < -0.4 is 5.32 Å². The zero-order valence-corrected chi connectivity index (χ0v) is 7.92. The van der Waals surface area contributed by atoms with Crippen LogP contribution in [0.1, 0.15) is 27.2 Å². The van der Waals surface area contributed by atoms with E-state index in [-0.39, 0.29) is 0 Å². The molecule has 1 unspecified atom stereocenters. The van der Waals surface area contributed by atoms with E-state index in [4.69, 9.17) is 0 Å². The zero-order chi connectivity index (χ0) is 7.61. The van der Waals surface area contributed by atoms with E-state index >= 15 is 0 Å². The van der Waals surface area contributed by atoms with Crippen molar-refractivity contribution < 1.29 is 0 Å². The van der Waals surface area contributed by atoms with E-state index in [1.165, 1.54) is 18.7 Å². The van der Waals surface area contributed by atoms with Gasteiger partial charge in [0.25, 0.3) is 0 Å². The molecule has 1 aliphatic rings. The lowest BCUT2D eigenvalue weighted by Gasteiger charge is -2.25. The van der Waals surface area contributed by atoms with E-state index in [1.54, 1.807) is 0 Å². The fourth-order valence-electron chi connectivity index (χ4n) is 1.55. The molecule has 0 aromatic rings. The van der Waals surface area contributed by atoms with Crippen molar-refractivity contribution in [3.05, 3.63) is 0 Å². The van der Waals surface area contributed by atoms with Gasteiger partial charge in [-0.05, 0) is 19.3 Å². The Bertz CT molecular complexity index is 106. The Morgan fingerprint density at radius 3 is 2.70 bits per heavy atom. The van der Waals surface area contributed by atoms with E-state index in [1.807, 2.05) is 0 Å². The van der Waals surface area contributed by atoms with Crippen molar-refractivity contribution in [3.63, 3.8) is 0 Å². The molecule has 0 saturated carbocycles.